The van der Waals surface area contributed by atoms with Crippen LogP contribution in [0.1, 0.15) is 47.8 Å². The van der Waals surface area contributed by atoms with Crippen LogP contribution in [0.3, 0.4) is 0 Å². The number of para-hydroxylation sites is 3. The summed E-state index contributed by atoms with van der Waals surface area (Å²) in [5, 5.41) is 8.64. The maximum Gasteiger partial charge on any atom is 0.161 e. The molecular formula is C60H43N5. The summed E-state index contributed by atoms with van der Waals surface area (Å²) in [5.41, 5.74) is 17.2. The van der Waals surface area contributed by atoms with Gasteiger partial charge in [0.25, 0.3) is 0 Å². The second-order valence-electron chi connectivity index (χ2n) is 17.8. The summed E-state index contributed by atoms with van der Waals surface area (Å²) in [4.78, 5) is 11.0. The van der Waals surface area contributed by atoms with Crippen molar-refractivity contribution in [3.8, 4) is 33.6 Å². The van der Waals surface area contributed by atoms with Crippen LogP contribution in [-0.2, 0) is 5.41 Å². The topological polar surface area (TPSA) is 46.6 Å². The molecule has 1 atom stereocenters. The van der Waals surface area contributed by atoms with Crippen LogP contribution in [0, 0.1) is 0 Å². The Bertz CT molecular complexity index is 3770. The van der Waals surface area contributed by atoms with E-state index in [2.05, 4.69) is 241 Å². The molecule has 2 aliphatic rings. The van der Waals surface area contributed by atoms with Crippen LogP contribution >= 0.6 is 0 Å². The Morgan fingerprint density at radius 3 is 1.80 bits per heavy atom. The summed E-state index contributed by atoms with van der Waals surface area (Å²) in [7, 11) is 0. The van der Waals surface area contributed by atoms with Crippen molar-refractivity contribution >= 4 is 55.3 Å². The summed E-state index contributed by atoms with van der Waals surface area (Å²) >= 11 is 0. The van der Waals surface area contributed by atoms with Crippen molar-refractivity contribution in [2.75, 3.05) is 0 Å². The van der Waals surface area contributed by atoms with Crippen LogP contribution in [0.4, 0.5) is 0 Å². The van der Waals surface area contributed by atoms with Crippen molar-refractivity contribution in [2.45, 2.75) is 25.4 Å². The molecule has 0 amide bonds. The fourth-order valence-corrected chi connectivity index (χ4v) is 10.8. The molecule has 11 aromatic rings. The highest BCUT2D eigenvalue weighted by Gasteiger charge is 2.38. The standard InChI is InChI=1S/C60H43N5/c1-60(2)49-27-13-9-24-46(49)56-48(26-17-28-50(56)60)59-62-57(39-20-7-4-8-21-39)61-58(63-59)47-25-12-16-31-53(47)65-52-30-15-11-23-43(52)45-35-33-41(37-55(45)65)64-51-29-14-10-22-42(51)44-34-32-40(36-54(44)64)38-18-5-3-6-19-38/h3-37,59H,1-2H3,(H,61,62,63). The van der Waals surface area contributed by atoms with Gasteiger partial charge in [-0.25, -0.2) is 9.98 Å². The van der Waals surface area contributed by atoms with E-state index in [0.29, 0.717) is 5.84 Å². The number of amidine groups is 2. The first kappa shape index (κ1) is 37.3. The van der Waals surface area contributed by atoms with Crippen molar-refractivity contribution in [3.63, 3.8) is 0 Å². The highest BCUT2D eigenvalue weighted by molar-refractivity contribution is 6.16. The number of aromatic nitrogens is 2. The fraction of sp³-hybridized carbons (Fsp3) is 0.0667. The number of nitrogens with one attached hydrogen (secondary N) is 1. The van der Waals surface area contributed by atoms with Gasteiger partial charge in [-0.05, 0) is 75.8 Å². The zero-order chi connectivity index (χ0) is 43.2. The predicted octanol–water partition coefficient (Wildman–Crippen LogP) is 14.3. The van der Waals surface area contributed by atoms with Crippen LogP contribution in [0.2, 0.25) is 0 Å². The minimum Gasteiger partial charge on any atom is -0.344 e. The van der Waals surface area contributed by atoms with E-state index in [4.69, 9.17) is 9.98 Å². The lowest BCUT2D eigenvalue weighted by Gasteiger charge is -2.27. The van der Waals surface area contributed by atoms with Gasteiger partial charge in [-0.15, -0.1) is 0 Å². The van der Waals surface area contributed by atoms with Gasteiger partial charge >= 0.3 is 0 Å². The van der Waals surface area contributed by atoms with Crippen molar-refractivity contribution in [3.05, 3.63) is 240 Å². The average Bonchev–Trinajstić information content (AvgIpc) is 3.96. The van der Waals surface area contributed by atoms with E-state index in [0.717, 1.165) is 44.9 Å². The number of benzene rings is 9. The number of fused-ring (bicyclic) bond motifs is 9. The van der Waals surface area contributed by atoms with E-state index >= 15 is 0 Å². The molecule has 0 saturated carbocycles. The Hall–Kier alpha value is -8.28. The molecule has 1 unspecified atom stereocenters. The summed E-state index contributed by atoms with van der Waals surface area (Å²) in [6.45, 7) is 4.66. The number of rotatable bonds is 6. The summed E-state index contributed by atoms with van der Waals surface area (Å²) in [6.07, 6.45) is -0.386. The Kier molecular flexibility index (Phi) is 8.25. The van der Waals surface area contributed by atoms with Crippen LogP contribution in [0.25, 0.3) is 77.2 Å². The predicted molar refractivity (Wildman–Crippen MR) is 270 cm³/mol. The van der Waals surface area contributed by atoms with Gasteiger partial charge in [0.2, 0.25) is 0 Å². The van der Waals surface area contributed by atoms with E-state index in [1.807, 2.05) is 0 Å². The van der Waals surface area contributed by atoms with E-state index in [1.54, 1.807) is 0 Å². The van der Waals surface area contributed by atoms with Gasteiger partial charge in [-0.2, -0.15) is 0 Å². The number of aliphatic imine (C=N–C) groups is 2. The molecule has 1 aliphatic carbocycles. The van der Waals surface area contributed by atoms with Gasteiger partial charge < -0.3 is 14.5 Å². The summed E-state index contributed by atoms with van der Waals surface area (Å²) < 4.78 is 4.85. The molecule has 1 aliphatic heterocycles. The molecule has 1 N–H and O–H groups in total. The Balaban J connectivity index is 1.03. The highest BCUT2D eigenvalue weighted by atomic mass is 15.2. The Labute approximate surface area is 377 Å². The largest absolute Gasteiger partial charge is 0.344 e. The summed E-state index contributed by atoms with van der Waals surface area (Å²) in [5.74, 6) is 1.48. The zero-order valence-electron chi connectivity index (χ0n) is 36.1. The SMILES string of the molecule is CC1(C)c2ccccc2-c2c(C3N=C(c4ccccc4-n4c5ccccc5c5ccc(-n6c7ccccc7c7ccc(-c8ccccc8)cc76)cc54)N=C(c4ccccc4)N3)cccc21. The first-order valence-electron chi connectivity index (χ1n) is 22.4. The molecule has 0 spiro atoms. The molecule has 65 heavy (non-hydrogen) atoms. The smallest absolute Gasteiger partial charge is 0.161 e. The van der Waals surface area contributed by atoms with Crippen LogP contribution in [-0.4, -0.2) is 20.8 Å². The molecule has 308 valence electrons. The fourth-order valence-electron chi connectivity index (χ4n) is 10.8. The van der Waals surface area contributed by atoms with E-state index in [-0.39, 0.29) is 11.6 Å². The first-order chi connectivity index (χ1) is 32.0. The van der Waals surface area contributed by atoms with E-state index in [9.17, 15) is 0 Å². The molecule has 0 fully saturated rings. The third-order valence-electron chi connectivity index (χ3n) is 13.8. The van der Waals surface area contributed by atoms with E-state index < -0.39 is 0 Å². The molecular weight excluding hydrogens is 791 g/mol. The Morgan fingerprint density at radius 1 is 0.446 bits per heavy atom. The molecule has 0 saturated heterocycles. The van der Waals surface area contributed by atoms with Gasteiger partial charge in [0.1, 0.15) is 12.0 Å². The van der Waals surface area contributed by atoms with Gasteiger partial charge in [0.05, 0.1) is 27.8 Å². The van der Waals surface area contributed by atoms with Gasteiger partial charge in [0, 0.05) is 49.3 Å². The zero-order valence-corrected chi connectivity index (χ0v) is 36.1. The average molecular weight is 834 g/mol. The monoisotopic (exact) mass is 833 g/mol. The van der Waals surface area contributed by atoms with Crippen molar-refractivity contribution in [1.29, 1.82) is 0 Å². The second-order valence-corrected chi connectivity index (χ2v) is 17.8. The van der Waals surface area contributed by atoms with Crippen molar-refractivity contribution < 1.29 is 0 Å². The molecule has 5 heteroatoms. The maximum atomic E-state index is 5.59. The highest BCUT2D eigenvalue weighted by Crippen LogP contribution is 2.51. The molecule has 0 radical (unpaired) electrons. The number of hydrogen-bond donors (Lipinski definition) is 1. The van der Waals surface area contributed by atoms with Crippen molar-refractivity contribution in [1.82, 2.24) is 14.5 Å². The number of nitrogens with zero attached hydrogens (tertiary/aromatic N) is 4. The normalized spacial score (nSPS) is 15.2. The van der Waals surface area contributed by atoms with Crippen LogP contribution in [0.5, 0.6) is 0 Å². The van der Waals surface area contributed by atoms with Crippen molar-refractivity contribution in [2.24, 2.45) is 9.98 Å². The molecule has 13 rings (SSSR count). The third kappa shape index (κ3) is 5.72. The lowest BCUT2D eigenvalue weighted by atomic mass is 9.82. The van der Waals surface area contributed by atoms with Gasteiger partial charge in [-0.1, -0.05) is 184 Å². The Morgan fingerprint density at radius 2 is 1.03 bits per heavy atom. The molecule has 9 aromatic carbocycles. The second kappa shape index (κ2) is 14.4. The quantitative estimate of drug-likeness (QED) is 0.178. The van der Waals surface area contributed by atoms with Gasteiger partial charge in [0.15, 0.2) is 5.84 Å². The van der Waals surface area contributed by atoms with Crippen LogP contribution < -0.4 is 5.32 Å². The minimum atomic E-state index is -0.386. The lowest BCUT2D eigenvalue weighted by Crippen LogP contribution is -2.34. The molecule has 2 aromatic heterocycles. The first-order valence-corrected chi connectivity index (χ1v) is 22.4. The minimum absolute atomic E-state index is 0.134. The lowest BCUT2D eigenvalue weighted by molar-refractivity contribution is 0.652. The third-order valence-corrected chi connectivity index (χ3v) is 13.8. The van der Waals surface area contributed by atoms with Crippen LogP contribution in [0.15, 0.2) is 222 Å². The molecule has 3 heterocycles. The maximum absolute atomic E-state index is 5.59. The summed E-state index contributed by atoms with van der Waals surface area (Å²) in [6, 6.07) is 76.6. The molecule has 5 nitrogen and oxygen atoms in total. The number of hydrogen-bond acceptors (Lipinski definition) is 3. The van der Waals surface area contributed by atoms with E-state index in [1.165, 1.54) is 66.0 Å². The molecule has 0 bridgehead atoms. The van der Waals surface area contributed by atoms with Gasteiger partial charge in [-0.3, -0.25) is 0 Å².